The third-order valence-corrected chi connectivity index (χ3v) is 4.05. The number of hydrogen-bond donors (Lipinski definition) is 1. The first-order valence-corrected chi connectivity index (χ1v) is 8.37. The van der Waals surface area contributed by atoms with Gasteiger partial charge in [0.2, 0.25) is 5.91 Å². The monoisotopic (exact) mass is 362 g/mol. The van der Waals surface area contributed by atoms with Crippen LogP contribution in [0.15, 0.2) is 48.5 Å². The normalized spacial score (nSPS) is 10.4. The van der Waals surface area contributed by atoms with Crippen molar-refractivity contribution in [1.29, 1.82) is 0 Å². The quantitative estimate of drug-likeness (QED) is 0.821. The van der Waals surface area contributed by atoms with E-state index in [1.54, 1.807) is 41.3 Å². The Kier molecular flexibility index (Phi) is 6.95. The molecule has 0 fully saturated rings. The van der Waals surface area contributed by atoms with Crippen LogP contribution in [0.2, 0.25) is 5.02 Å². The second-order valence-electron chi connectivity index (χ2n) is 5.65. The maximum atomic E-state index is 12.9. The molecule has 0 unspecified atom stereocenters. The molecule has 0 aliphatic rings. The van der Waals surface area contributed by atoms with Crippen molar-refractivity contribution in [2.24, 2.45) is 0 Å². The molecule has 6 heteroatoms. The third-order valence-electron chi connectivity index (χ3n) is 3.80. The van der Waals surface area contributed by atoms with E-state index in [0.29, 0.717) is 36.6 Å². The molecule has 0 aliphatic heterocycles. The summed E-state index contributed by atoms with van der Waals surface area (Å²) >= 11 is 5.79. The zero-order valence-electron chi connectivity index (χ0n) is 14.0. The van der Waals surface area contributed by atoms with Crippen molar-refractivity contribution >= 4 is 23.4 Å². The maximum Gasteiger partial charge on any atom is 0.251 e. The Morgan fingerprint density at radius 2 is 1.68 bits per heavy atom. The van der Waals surface area contributed by atoms with Crippen LogP contribution in [0.3, 0.4) is 0 Å². The summed E-state index contributed by atoms with van der Waals surface area (Å²) in [6, 6.07) is 12.8. The summed E-state index contributed by atoms with van der Waals surface area (Å²) in [5.74, 6) is -0.557. The second kappa shape index (κ2) is 9.18. The molecule has 2 amide bonds. The highest BCUT2D eigenvalue weighted by atomic mass is 35.5. The van der Waals surface area contributed by atoms with E-state index in [9.17, 15) is 14.0 Å². The minimum Gasteiger partial charge on any atom is -0.350 e. The van der Waals surface area contributed by atoms with Gasteiger partial charge in [-0.2, -0.15) is 0 Å². The fraction of sp³-hybridized carbons (Fsp3) is 0.263. The van der Waals surface area contributed by atoms with Crippen molar-refractivity contribution in [3.8, 4) is 0 Å². The first-order chi connectivity index (χ1) is 12.0. The van der Waals surface area contributed by atoms with Crippen LogP contribution < -0.4 is 5.32 Å². The molecule has 25 heavy (non-hydrogen) atoms. The lowest BCUT2D eigenvalue weighted by molar-refractivity contribution is -0.128. The molecule has 2 aromatic carbocycles. The molecule has 1 N–H and O–H groups in total. The Hall–Kier alpha value is -2.40. The molecule has 0 saturated carbocycles. The smallest absolute Gasteiger partial charge is 0.251 e. The molecular weight excluding hydrogens is 343 g/mol. The van der Waals surface area contributed by atoms with Crippen LogP contribution in [-0.2, 0) is 11.2 Å². The van der Waals surface area contributed by atoms with E-state index >= 15 is 0 Å². The lowest BCUT2D eigenvalue weighted by atomic mass is 10.1. The molecule has 0 heterocycles. The number of carbonyl (C=O) groups excluding carboxylic acids is 2. The summed E-state index contributed by atoms with van der Waals surface area (Å²) in [5, 5.41) is 3.35. The number of rotatable bonds is 7. The number of hydrogen-bond acceptors (Lipinski definition) is 2. The van der Waals surface area contributed by atoms with Crippen LogP contribution in [0, 0.1) is 5.82 Å². The lowest BCUT2D eigenvalue weighted by Crippen LogP contribution is -2.38. The Labute approximate surface area is 151 Å². The zero-order chi connectivity index (χ0) is 18.2. The number of nitrogens with one attached hydrogen (secondary N) is 1. The Morgan fingerprint density at radius 3 is 2.28 bits per heavy atom. The van der Waals surface area contributed by atoms with Gasteiger partial charge >= 0.3 is 0 Å². The number of halogens is 2. The maximum absolute atomic E-state index is 12.9. The topological polar surface area (TPSA) is 49.4 Å². The summed E-state index contributed by atoms with van der Waals surface area (Å²) in [7, 11) is 0. The van der Waals surface area contributed by atoms with Gasteiger partial charge in [-0.1, -0.05) is 23.7 Å². The number of benzene rings is 2. The van der Waals surface area contributed by atoms with Crippen LogP contribution in [0.1, 0.15) is 22.8 Å². The SMILES string of the molecule is CC(=O)N(CCNC(=O)c1ccc(Cl)cc1)CCc1ccc(F)cc1. The van der Waals surface area contributed by atoms with Gasteiger partial charge in [-0.05, 0) is 48.4 Å². The first-order valence-electron chi connectivity index (χ1n) is 7.99. The van der Waals surface area contributed by atoms with Crippen molar-refractivity contribution in [2.75, 3.05) is 19.6 Å². The van der Waals surface area contributed by atoms with Gasteiger partial charge in [0.25, 0.3) is 5.91 Å². The van der Waals surface area contributed by atoms with E-state index in [1.807, 2.05) is 0 Å². The second-order valence-corrected chi connectivity index (χ2v) is 6.08. The largest absolute Gasteiger partial charge is 0.350 e. The van der Waals surface area contributed by atoms with Gasteiger partial charge in [0.15, 0.2) is 0 Å². The average Bonchev–Trinajstić information content (AvgIpc) is 2.59. The van der Waals surface area contributed by atoms with Crippen molar-refractivity contribution in [1.82, 2.24) is 10.2 Å². The van der Waals surface area contributed by atoms with E-state index in [2.05, 4.69) is 5.32 Å². The van der Waals surface area contributed by atoms with Gasteiger partial charge in [-0.15, -0.1) is 0 Å². The van der Waals surface area contributed by atoms with Crippen LogP contribution in [-0.4, -0.2) is 36.3 Å². The molecule has 0 radical (unpaired) electrons. The fourth-order valence-electron chi connectivity index (χ4n) is 2.35. The molecule has 0 bridgehead atoms. The van der Waals surface area contributed by atoms with E-state index in [4.69, 9.17) is 11.6 Å². The van der Waals surface area contributed by atoms with E-state index in [0.717, 1.165) is 5.56 Å². The number of amides is 2. The predicted octanol–water partition coefficient (Wildman–Crippen LogP) is 3.30. The van der Waals surface area contributed by atoms with Crippen LogP contribution >= 0.6 is 11.6 Å². The molecule has 0 aliphatic carbocycles. The average molecular weight is 363 g/mol. The van der Waals surface area contributed by atoms with Gasteiger partial charge < -0.3 is 10.2 Å². The highest BCUT2D eigenvalue weighted by Gasteiger charge is 2.10. The molecule has 2 aromatic rings. The lowest BCUT2D eigenvalue weighted by Gasteiger charge is -2.21. The molecule has 0 aromatic heterocycles. The highest BCUT2D eigenvalue weighted by molar-refractivity contribution is 6.30. The molecule has 2 rings (SSSR count). The van der Waals surface area contributed by atoms with Gasteiger partial charge in [-0.25, -0.2) is 4.39 Å². The molecule has 4 nitrogen and oxygen atoms in total. The van der Waals surface area contributed by atoms with Crippen LogP contribution in [0.5, 0.6) is 0 Å². The van der Waals surface area contributed by atoms with Crippen molar-refractivity contribution < 1.29 is 14.0 Å². The van der Waals surface area contributed by atoms with E-state index in [1.165, 1.54) is 19.1 Å². The highest BCUT2D eigenvalue weighted by Crippen LogP contribution is 2.09. The molecule has 0 saturated heterocycles. The Bertz CT molecular complexity index is 717. The van der Waals surface area contributed by atoms with Gasteiger partial charge in [-0.3, -0.25) is 9.59 Å². The standard InChI is InChI=1S/C19H20ClFN2O2/c1-14(24)23(12-10-15-2-8-18(21)9-3-15)13-11-22-19(25)16-4-6-17(20)7-5-16/h2-9H,10-13H2,1H3,(H,22,25). The Balaban J connectivity index is 1.80. The molecular formula is C19H20ClFN2O2. The summed E-state index contributed by atoms with van der Waals surface area (Å²) in [4.78, 5) is 25.4. The molecule has 0 spiro atoms. The fourth-order valence-corrected chi connectivity index (χ4v) is 2.48. The predicted molar refractivity (Wildman–Crippen MR) is 96.1 cm³/mol. The number of carbonyl (C=O) groups is 2. The van der Waals surface area contributed by atoms with Gasteiger partial charge in [0.05, 0.1) is 0 Å². The van der Waals surface area contributed by atoms with Gasteiger partial charge in [0, 0.05) is 37.1 Å². The van der Waals surface area contributed by atoms with Crippen molar-refractivity contribution in [2.45, 2.75) is 13.3 Å². The Morgan fingerprint density at radius 1 is 1.04 bits per heavy atom. The number of nitrogens with zero attached hydrogens (tertiary/aromatic N) is 1. The van der Waals surface area contributed by atoms with E-state index < -0.39 is 0 Å². The van der Waals surface area contributed by atoms with Crippen LogP contribution in [0.25, 0.3) is 0 Å². The minimum absolute atomic E-state index is 0.0668. The third kappa shape index (κ3) is 6.19. The minimum atomic E-state index is -0.280. The van der Waals surface area contributed by atoms with Crippen molar-refractivity contribution in [3.05, 3.63) is 70.5 Å². The van der Waals surface area contributed by atoms with Crippen molar-refractivity contribution in [3.63, 3.8) is 0 Å². The first kappa shape index (κ1) is 18.9. The van der Waals surface area contributed by atoms with Crippen LogP contribution in [0.4, 0.5) is 4.39 Å². The molecule has 0 atom stereocenters. The summed E-state index contributed by atoms with van der Waals surface area (Å²) in [5.41, 5.74) is 1.47. The van der Waals surface area contributed by atoms with Gasteiger partial charge in [0.1, 0.15) is 5.82 Å². The summed E-state index contributed by atoms with van der Waals surface area (Å²) in [6.45, 7) is 2.77. The molecule has 132 valence electrons. The summed E-state index contributed by atoms with van der Waals surface area (Å²) < 4.78 is 12.9. The zero-order valence-corrected chi connectivity index (χ0v) is 14.7. The van der Waals surface area contributed by atoms with E-state index in [-0.39, 0.29) is 17.6 Å². The summed E-state index contributed by atoms with van der Waals surface area (Å²) in [6.07, 6.45) is 0.630.